The van der Waals surface area contributed by atoms with Gasteiger partial charge in [-0.3, -0.25) is 4.79 Å². The van der Waals surface area contributed by atoms with Gasteiger partial charge in [0.1, 0.15) is 11.6 Å². The zero-order chi connectivity index (χ0) is 21.4. The molecule has 2 N–H and O–H groups in total. The van der Waals surface area contributed by atoms with Crippen molar-refractivity contribution in [1.82, 2.24) is 9.88 Å². The van der Waals surface area contributed by atoms with Crippen LogP contribution in [-0.2, 0) is 9.53 Å². The molecule has 5 rings (SSSR count). The number of fused-ring (bicyclic) bond motifs is 1. The van der Waals surface area contributed by atoms with Gasteiger partial charge in [-0.2, -0.15) is 0 Å². The minimum absolute atomic E-state index is 0.238. The molecule has 2 saturated heterocycles. The fourth-order valence-corrected chi connectivity index (χ4v) is 4.76. The quantitative estimate of drug-likeness (QED) is 0.651. The van der Waals surface area contributed by atoms with E-state index >= 15 is 0 Å². The Morgan fingerprint density at radius 2 is 1.97 bits per heavy atom. The first kappa shape index (κ1) is 19.8. The number of ether oxygens (including phenoxy) is 1. The molecule has 0 aliphatic carbocycles. The van der Waals surface area contributed by atoms with Gasteiger partial charge in [0.05, 0.1) is 30.5 Å². The Labute approximate surface area is 180 Å². The van der Waals surface area contributed by atoms with E-state index in [9.17, 15) is 9.18 Å². The number of carbonyl (C=O) groups excluding carboxylic acids is 1. The molecular weight excluding hydrogens is 395 g/mol. The van der Waals surface area contributed by atoms with E-state index in [-0.39, 0.29) is 11.9 Å². The van der Waals surface area contributed by atoms with E-state index in [1.165, 1.54) is 6.07 Å². The van der Waals surface area contributed by atoms with Crippen LogP contribution < -0.4 is 10.6 Å². The summed E-state index contributed by atoms with van der Waals surface area (Å²) in [5.41, 5.74) is 10.2. The summed E-state index contributed by atoms with van der Waals surface area (Å²) in [7, 11) is 0. The molecule has 160 valence electrons. The van der Waals surface area contributed by atoms with Gasteiger partial charge in [0.15, 0.2) is 0 Å². The summed E-state index contributed by atoms with van der Waals surface area (Å²) in [6.45, 7) is 3.53. The number of pyridine rings is 1. The van der Waals surface area contributed by atoms with Crippen molar-refractivity contribution in [2.45, 2.75) is 18.9 Å². The summed E-state index contributed by atoms with van der Waals surface area (Å²) >= 11 is 0. The van der Waals surface area contributed by atoms with Crippen molar-refractivity contribution in [2.75, 3.05) is 43.5 Å². The number of hydrogen-bond donors (Lipinski definition) is 1. The summed E-state index contributed by atoms with van der Waals surface area (Å²) in [6.07, 6.45) is 2.47. The lowest BCUT2D eigenvalue weighted by Crippen LogP contribution is -2.36. The highest BCUT2D eigenvalue weighted by atomic mass is 19.1. The van der Waals surface area contributed by atoms with Crippen LogP contribution in [0.4, 0.5) is 15.9 Å². The number of nitrogens with two attached hydrogens (primary N) is 1. The number of hydrogen-bond acceptors (Lipinski definition) is 5. The first-order valence-corrected chi connectivity index (χ1v) is 10.7. The fourth-order valence-electron chi connectivity index (χ4n) is 4.76. The molecule has 2 aliphatic heterocycles. The molecule has 0 bridgehead atoms. The minimum atomic E-state index is -0.277. The van der Waals surface area contributed by atoms with Crippen molar-refractivity contribution < 1.29 is 13.9 Å². The van der Waals surface area contributed by atoms with E-state index in [1.54, 1.807) is 11.0 Å². The second-order valence-electron chi connectivity index (χ2n) is 8.10. The second kappa shape index (κ2) is 8.15. The summed E-state index contributed by atoms with van der Waals surface area (Å²) in [5, 5.41) is 0.946. The van der Waals surface area contributed by atoms with Crippen LogP contribution in [0.3, 0.4) is 0 Å². The van der Waals surface area contributed by atoms with Crippen LogP contribution in [0.2, 0.25) is 0 Å². The molecule has 2 fully saturated rings. The topological polar surface area (TPSA) is 71.7 Å². The van der Waals surface area contributed by atoms with Crippen LogP contribution in [0.1, 0.15) is 24.4 Å². The molecule has 6 nitrogen and oxygen atoms in total. The van der Waals surface area contributed by atoms with Gasteiger partial charge in [0.25, 0.3) is 0 Å². The third-order valence-corrected chi connectivity index (χ3v) is 6.30. The smallest absolute Gasteiger partial charge is 0.210 e. The lowest BCUT2D eigenvalue weighted by atomic mass is 9.92. The number of nitrogens with zero attached hydrogens (tertiary/aromatic N) is 3. The number of halogens is 1. The largest absolute Gasteiger partial charge is 0.382 e. The molecule has 0 spiro atoms. The maximum atomic E-state index is 15.0. The number of anilines is 2. The molecular formula is C24H25FN4O2. The Morgan fingerprint density at radius 3 is 2.77 bits per heavy atom. The van der Waals surface area contributed by atoms with Gasteiger partial charge in [0.2, 0.25) is 6.41 Å². The van der Waals surface area contributed by atoms with E-state index in [0.29, 0.717) is 31.1 Å². The zero-order valence-electron chi connectivity index (χ0n) is 17.3. The lowest BCUT2D eigenvalue weighted by Gasteiger charge is -2.29. The molecule has 3 aromatic rings. The third-order valence-electron chi connectivity index (χ3n) is 6.30. The fraction of sp³-hybridized carbons (Fsp3) is 0.333. The number of likely N-dealkylation sites (tertiary alicyclic amines) is 1. The van der Waals surface area contributed by atoms with Crippen molar-refractivity contribution in [3.05, 3.63) is 53.8 Å². The molecule has 1 unspecified atom stereocenters. The number of benzene rings is 2. The number of aromatic nitrogens is 1. The number of morpholine rings is 1. The summed E-state index contributed by atoms with van der Waals surface area (Å²) in [4.78, 5) is 20.0. The molecule has 1 aromatic heterocycles. The van der Waals surface area contributed by atoms with E-state index in [4.69, 9.17) is 10.5 Å². The highest BCUT2D eigenvalue weighted by molar-refractivity contribution is 5.90. The summed E-state index contributed by atoms with van der Waals surface area (Å²) in [5.74, 6) is 0.224. The maximum Gasteiger partial charge on any atom is 0.210 e. The van der Waals surface area contributed by atoms with Crippen LogP contribution >= 0.6 is 0 Å². The van der Waals surface area contributed by atoms with Crippen LogP contribution in [0.15, 0.2) is 42.5 Å². The SMILES string of the molecule is Nc1nc2ccc(-c3cccc(F)c3C3CCCN3C=O)cc2cc1N1CCOCC1. The molecule has 3 heterocycles. The summed E-state index contributed by atoms with van der Waals surface area (Å²) in [6, 6.07) is 12.8. The van der Waals surface area contributed by atoms with Gasteiger partial charge >= 0.3 is 0 Å². The number of amides is 1. The standard InChI is InChI=1S/C24H25FN4O2/c25-19-4-1-3-18(23(19)21-5-2-8-29(21)15-30)16-6-7-20-17(13-16)14-22(24(26)27-20)28-9-11-31-12-10-28/h1,3-4,6-7,13-15,21H,2,5,8-12H2,(H2,26,27). The van der Waals surface area contributed by atoms with Crippen LogP contribution in [0, 0.1) is 5.82 Å². The Balaban J connectivity index is 1.60. The first-order chi connectivity index (χ1) is 15.2. The van der Waals surface area contributed by atoms with Crippen molar-refractivity contribution in [1.29, 1.82) is 0 Å². The van der Waals surface area contributed by atoms with Crippen LogP contribution in [0.25, 0.3) is 22.0 Å². The predicted octanol–water partition coefficient (Wildman–Crippen LogP) is 3.75. The molecule has 2 aliphatic rings. The molecule has 0 saturated carbocycles. The Morgan fingerprint density at radius 1 is 1.13 bits per heavy atom. The molecule has 0 radical (unpaired) electrons. The monoisotopic (exact) mass is 420 g/mol. The highest BCUT2D eigenvalue weighted by Crippen LogP contribution is 2.39. The first-order valence-electron chi connectivity index (χ1n) is 10.7. The molecule has 31 heavy (non-hydrogen) atoms. The zero-order valence-corrected chi connectivity index (χ0v) is 17.3. The van der Waals surface area contributed by atoms with Crippen molar-refractivity contribution in [3.63, 3.8) is 0 Å². The molecule has 7 heteroatoms. The van der Waals surface area contributed by atoms with E-state index < -0.39 is 0 Å². The van der Waals surface area contributed by atoms with Crippen LogP contribution in [-0.4, -0.2) is 49.1 Å². The highest BCUT2D eigenvalue weighted by Gasteiger charge is 2.29. The van der Waals surface area contributed by atoms with Gasteiger partial charge in [-0.15, -0.1) is 0 Å². The molecule has 1 amide bonds. The predicted molar refractivity (Wildman–Crippen MR) is 119 cm³/mol. The van der Waals surface area contributed by atoms with Crippen molar-refractivity contribution in [2.24, 2.45) is 0 Å². The van der Waals surface area contributed by atoms with Gasteiger partial charge in [-0.05, 0) is 48.2 Å². The molecule has 2 aromatic carbocycles. The third kappa shape index (κ3) is 3.59. The average molecular weight is 420 g/mol. The van der Waals surface area contributed by atoms with Crippen molar-refractivity contribution >= 4 is 28.8 Å². The molecule has 1 atom stereocenters. The van der Waals surface area contributed by atoms with Crippen molar-refractivity contribution in [3.8, 4) is 11.1 Å². The second-order valence-corrected chi connectivity index (χ2v) is 8.10. The lowest BCUT2D eigenvalue weighted by molar-refractivity contribution is -0.118. The minimum Gasteiger partial charge on any atom is -0.382 e. The van der Waals surface area contributed by atoms with E-state index in [0.717, 1.165) is 60.1 Å². The number of carbonyl (C=O) groups is 1. The number of nitrogen functional groups attached to an aromatic ring is 1. The van der Waals surface area contributed by atoms with Crippen LogP contribution in [0.5, 0.6) is 0 Å². The Hall–Kier alpha value is -3.19. The Bertz CT molecular complexity index is 1130. The maximum absolute atomic E-state index is 15.0. The normalized spacial score (nSPS) is 19.2. The van der Waals surface area contributed by atoms with E-state index in [1.807, 2.05) is 24.3 Å². The van der Waals surface area contributed by atoms with Gasteiger partial charge in [-0.25, -0.2) is 9.37 Å². The average Bonchev–Trinajstić information content (AvgIpc) is 3.27. The Kier molecular flexibility index (Phi) is 5.19. The summed E-state index contributed by atoms with van der Waals surface area (Å²) < 4.78 is 20.4. The number of rotatable bonds is 4. The van der Waals surface area contributed by atoms with Gasteiger partial charge in [-0.1, -0.05) is 18.2 Å². The van der Waals surface area contributed by atoms with E-state index in [2.05, 4.69) is 16.0 Å². The van der Waals surface area contributed by atoms with Gasteiger partial charge < -0.3 is 20.3 Å². The van der Waals surface area contributed by atoms with Gasteiger partial charge in [0, 0.05) is 30.6 Å².